The van der Waals surface area contributed by atoms with E-state index >= 15 is 0 Å². The van der Waals surface area contributed by atoms with Crippen molar-refractivity contribution >= 4 is 42.4 Å². The largest absolute Gasteiger partial charge is 0.451 e. The van der Waals surface area contributed by atoms with E-state index < -0.39 is 10.0 Å². The summed E-state index contributed by atoms with van der Waals surface area (Å²) >= 11 is 4.42. The number of anilines is 1. The summed E-state index contributed by atoms with van der Waals surface area (Å²) < 4.78 is 32.6. The van der Waals surface area contributed by atoms with Crippen molar-refractivity contribution in [3.05, 3.63) is 27.1 Å². The minimum Gasteiger partial charge on any atom is -0.451 e. The predicted octanol–water partition coefficient (Wildman–Crippen LogP) is 2.64. The monoisotopic (exact) mass is 379 g/mol. The Labute approximate surface area is 129 Å². The molecule has 0 saturated carbocycles. The van der Waals surface area contributed by atoms with E-state index in [0.29, 0.717) is 17.4 Å². The summed E-state index contributed by atoms with van der Waals surface area (Å²) in [6, 6.07) is 1.48. The maximum atomic E-state index is 12.3. The Morgan fingerprint density at radius 3 is 2.70 bits per heavy atom. The summed E-state index contributed by atoms with van der Waals surface area (Å²) in [6.07, 6.45) is 0. The zero-order chi connectivity index (χ0) is 14.9. The summed E-state index contributed by atoms with van der Waals surface area (Å²) in [5.41, 5.74) is 0.815. The molecule has 6 nitrogen and oxygen atoms in total. The Morgan fingerprint density at radius 1 is 1.45 bits per heavy atom. The minimum absolute atomic E-state index is 0.0632. The number of aromatic nitrogens is 1. The smallest absolute Gasteiger partial charge is 0.268 e. The van der Waals surface area contributed by atoms with Crippen molar-refractivity contribution in [2.24, 2.45) is 0 Å². The highest BCUT2D eigenvalue weighted by atomic mass is 79.9. The first kappa shape index (κ1) is 15.5. The summed E-state index contributed by atoms with van der Waals surface area (Å²) in [4.78, 5) is 5.20. The molecule has 2 heterocycles. The van der Waals surface area contributed by atoms with Gasteiger partial charge in [0.25, 0.3) is 10.0 Å². The van der Waals surface area contributed by atoms with Gasteiger partial charge >= 0.3 is 0 Å². The van der Waals surface area contributed by atoms with E-state index in [1.54, 1.807) is 7.05 Å². The summed E-state index contributed by atoms with van der Waals surface area (Å²) in [5, 5.41) is 3.25. The standard InChI is InChI=1S/C11H14BrN3O3S2/c1-6-7(2)19-11(14-6)15-20(16,17)9-4-8(5-13-3)18-10(9)12/h4,13H,5H2,1-3H3,(H,14,15). The fraction of sp³-hybridized carbons (Fsp3) is 0.364. The van der Waals surface area contributed by atoms with Gasteiger partial charge in [-0.1, -0.05) is 0 Å². The van der Waals surface area contributed by atoms with E-state index in [0.717, 1.165) is 10.6 Å². The van der Waals surface area contributed by atoms with Crippen molar-refractivity contribution in [1.82, 2.24) is 10.3 Å². The van der Waals surface area contributed by atoms with Gasteiger partial charge in [0.15, 0.2) is 9.80 Å². The van der Waals surface area contributed by atoms with Crippen molar-refractivity contribution in [1.29, 1.82) is 0 Å². The van der Waals surface area contributed by atoms with Gasteiger partial charge in [-0.05, 0) is 36.8 Å². The lowest BCUT2D eigenvalue weighted by atomic mass is 10.4. The van der Waals surface area contributed by atoms with E-state index in [1.807, 2.05) is 13.8 Å². The van der Waals surface area contributed by atoms with Gasteiger partial charge in [0, 0.05) is 10.9 Å². The predicted molar refractivity (Wildman–Crippen MR) is 81.6 cm³/mol. The molecule has 2 aromatic heterocycles. The molecule has 110 valence electrons. The van der Waals surface area contributed by atoms with Crippen LogP contribution in [0.3, 0.4) is 0 Å². The topological polar surface area (TPSA) is 84.2 Å². The molecule has 2 aromatic rings. The molecule has 0 bridgehead atoms. The zero-order valence-electron chi connectivity index (χ0n) is 11.2. The first-order valence-corrected chi connectivity index (χ1v) is 8.82. The van der Waals surface area contributed by atoms with Crippen molar-refractivity contribution in [3.63, 3.8) is 0 Å². The van der Waals surface area contributed by atoms with Crippen LogP contribution in [0.2, 0.25) is 0 Å². The third kappa shape index (κ3) is 3.22. The van der Waals surface area contributed by atoms with Crippen LogP contribution in [0.15, 0.2) is 20.0 Å². The highest BCUT2D eigenvalue weighted by molar-refractivity contribution is 9.10. The molecule has 0 atom stereocenters. The third-order valence-electron chi connectivity index (χ3n) is 2.60. The molecule has 0 aliphatic carbocycles. The summed E-state index contributed by atoms with van der Waals surface area (Å²) in [5.74, 6) is 0.534. The highest BCUT2D eigenvalue weighted by Crippen LogP contribution is 2.29. The number of aryl methyl sites for hydroxylation is 2. The molecule has 0 aliphatic rings. The number of halogens is 1. The Balaban J connectivity index is 2.30. The van der Waals surface area contributed by atoms with Crippen LogP contribution >= 0.6 is 27.3 Å². The molecule has 0 unspecified atom stereocenters. The fourth-order valence-electron chi connectivity index (χ4n) is 1.53. The summed E-state index contributed by atoms with van der Waals surface area (Å²) in [7, 11) is -1.96. The SMILES string of the molecule is CNCc1cc(S(=O)(=O)Nc2nc(C)c(C)s2)c(Br)o1. The fourth-order valence-corrected chi connectivity index (χ4v) is 4.58. The number of hydrogen-bond acceptors (Lipinski definition) is 6. The van der Waals surface area contributed by atoms with E-state index in [2.05, 4.69) is 31.0 Å². The maximum absolute atomic E-state index is 12.3. The van der Waals surface area contributed by atoms with Crippen molar-refractivity contribution in [3.8, 4) is 0 Å². The number of thiazole rings is 1. The number of sulfonamides is 1. The van der Waals surface area contributed by atoms with Gasteiger partial charge in [-0.3, -0.25) is 4.72 Å². The number of hydrogen-bond donors (Lipinski definition) is 2. The molecule has 0 aliphatic heterocycles. The van der Waals surface area contributed by atoms with Gasteiger partial charge in [-0.25, -0.2) is 13.4 Å². The van der Waals surface area contributed by atoms with Crippen molar-refractivity contribution < 1.29 is 12.8 Å². The van der Waals surface area contributed by atoms with Gasteiger partial charge < -0.3 is 9.73 Å². The van der Waals surface area contributed by atoms with Gasteiger partial charge in [-0.2, -0.15) is 0 Å². The summed E-state index contributed by atoms with van der Waals surface area (Å²) in [6.45, 7) is 4.18. The van der Waals surface area contributed by atoms with Gasteiger partial charge in [0.1, 0.15) is 10.7 Å². The number of nitrogens with one attached hydrogen (secondary N) is 2. The van der Waals surface area contributed by atoms with Crippen LogP contribution in [0, 0.1) is 13.8 Å². The molecule has 20 heavy (non-hydrogen) atoms. The normalized spacial score (nSPS) is 11.8. The van der Waals surface area contributed by atoms with Crippen LogP contribution < -0.4 is 10.0 Å². The molecule has 0 aromatic carbocycles. The van der Waals surface area contributed by atoms with Gasteiger partial charge in [0.05, 0.1) is 12.2 Å². The average molecular weight is 380 g/mol. The first-order valence-electron chi connectivity index (χ1n) is 5.73. The third-order valence-corrected chi connectivity index (χ3v) is 5.91. The van der Waals surface area contributed by atoms with E-state index in [9.17, 15) is 8.42 Å². The van der Waals surface area contributed by atoms with E-state index in [1.165, 1.54) is 17.4 Å². The second-order valence-electron chi connectivity index (χ2n) is 4.15. The lowest BCUT2D eigenvalue weighted by Gasteiger charge is -2.02. The Bertz CT molecular complexity index is 702. The lowest BCUT2D eigenvalue weighted by molar-refractivity contribution is 0.470. The Hall–Kier alpha value is -0.900. The minimum atomic E-state index is -3.72. The zero-order valence-corrected chi connectivity index (χ0v) is 14.4. The molecule has 0 saturated heterocycles. The molecular weight excluding hydrogens is 366 g/mol. The highest BCUT2D eigenvalue weighted by Gasteiger charge is 2.23. The van der Waals surface area contributed by atoms with Gasteiger partial charge in [-0.15, -0.1) is 11.3 Å². The van der Waals surface area contributed by atoms with Crippen LogP contribution in [0.1, 0.15) is 16.3 Å². The molecule has 0 radical (unpaired) electrons. The van der Waals surface area contributed by atoms with Gasteiger partial charge in [0.2, 0.25) is 0 Å². The average Bonchev–Trinajstić information content (AvgIpc) is 2.83. The number of furan rings is 1. The molecule has 9 heteroatoms. The van der Waals surface area contributed by atoms with Crippen LogP contribution in [0.5, 0.6) is 0 Å². The van der Waals surface area contributed by atoms with E-state index in [4.69, 9.17) is 4.42 Å². The number of rotatable bonds is 5. The molecule has 2 N–H and O–H groups in total. The molecule has 0 spiro atoms. The van der Waals surface area contributed by atoms with Crippen LogP contribution in [0.4, 0.5) is 5.13 Å². The molecular formula is C11H14BrN3O3S2. The second kappa shape index (κ2) is 5.84. The molecule has 2 rings (SSSR count). The quantitative estimate of drug-likeness (QED) is 0.833. The lowest BCUT2D eigenvalue weighted by Crippen LogP contribution is -2.12. The van der Waals surface area contributed by atoms with E-state index in [-0.39, 0.29) is 9.56 Å². The Morgan fingerprint density at radius 2 is 2.15 bits per heavy atom. The van der Waals surface area contributed by atoms with Crippen molar-refractivity contribution in [2.45, 2.75) is 25.3 Å². The first-order chi connectivity index (χ1) is 9.33. The number of nitrogens with zero attached hydrogens (tertiary/aromatic N) is 1. The van der Waals surface area contributed by atoms with Crippen LogP contribution in [-0.4, -0.2) is 20.4 Å². The second-order valence-corrected chi connectivity index (χ2v) is 7.72. The molecule has 0 fully saturated rings. The molecule has 0 amide bonds. The maximum Gasteiger partial charge on any atom is 0.268 e. The van der Waals surface area contributed by atoms with Crippen molar-refractivity contribution in [2.75, 3.05) is 11.8 Å². The Kier molecular flexibility index (Phi) is 4.52. The van der Waals surface area contributed by atoms with Crippen LogP contribution in [0.25, 0.3) is 0 Å². The van der Waals surface area contributed by atoms with Crippen LogP contribution in [-0.2, 0) is 16.6 Å².